The van der Waals surface area contributed by atoms with E-state index >= 15 is 0 Å². The average Bonchev–Trinajstić information content (AvgIpc) is 3.10. The molecule has 2 aliphatic rings. The van der Waals surface area contributed by atoms with Crippen molar-refractivity contribution in [3.63, 3.8) is 0 Å². The quantitative estimate of drug-likeness (QED) is 0.919. The number of nitrogens with zero attached hydrogens (tertiary/aromatic N) is 3. The van der Waals surface area contributed by atoms with Gasteiger partial charge in [-0.25, -0.2) is 9.78 Å². The van der Waals surface area contributed by atoms with Crippen LogP contribution in [-0.4, -0.2) is 58.1 Å². The number of carboxylic acids is 1. The maximum atomic E-state index is 10.8. The molecule has 6 heteroatoms. The molecule has 0 unspecified atom stereocenters. The van der Waals surface area contributed by atoms with Crippen LogP contribution in [0.3, 0.4) is 0 Å². The standard InChI is InChI=1S/C14H21N3O2S/c18-14(19)13-15-11(10-20-13)9-16-5-7-17(8-6-16)12-3-1-2-4-12/h10,12H,1-9H2,(H,18,19). The highest BCUT2D eigenvalue weighted by Gasteiger charge is 2.26. The molecule has 0 atom stereocenters. The highest BCUT2D eigenvalue weighted by molar-refractivity contribution is 7.11. The molecule has 1 saturated heterocycles. The first-order valence-corrected chi connectivity index (χ1v) is 8.24. The van der Waals surface area contributed by atoms with Crippen LogP contribution < -0.4 is 0 Å². The summed E-state index contributed by atoms with van der Waals surface area (Å²) in [6.45, 7) is 5.19. The van der Waals surface area contributed by atoms with Crippen molar-refractivity contribution in [3.05, 3.63) is 16.1 Å². The molecule has 0 aromatic carbocycles. The molecule has 0 bridgehead atoms. The third kappa shape index (κ3) is 3.19. The summed E-state index contributed by atoms with van der Waals surface area (Å²) in [5, 5.41) is 11.0. The summed E-state index contributed by atoms with van der Waals surface area (Å²) in [4.78, 5) is 20.0. The van der Waals surface area contributed by atoms with Gasteiger partial charge in [-0.2, -0.15) is 0 Å². The van der Waals surface area contributed by atoms with Crippen LogP contribution in [0.5, 0.6) is 0 Å². The number of hydrogen-bond donors (Lipinski definition) is 1. The number of piperazine rings is 1. The Labute approximate surface area is 123 Å². The minimum atomic E-state index is -0.924. The zero-order valence-electron chi connectivity index (χ0n) is 11.6. The molecule has 1 aromatic rings. The second-order valence-electron chi connectivity index (χ2n) is 5.70. The third-order valence-electron chi connectivity index (χ3n) is 4.37. The fourth-order valence-electron chi connectivity index (χ4n) is 3.26. The highest BCUT2D eigenvalue weighted by atomic mass is 32.1. The molecule has 1 saturated carbocycles. The first kappa shape index (κ1) is 14.0. The van der Waals surface area contributed by atoms with Crippen molar-refractivity contribution in [1.29, 1.82) is 0 Å². The fraction of sp³-hybridized carbons (Fsp3) is 0.714. The molecule has 110 valence electrons. The first-order chi connectivity index (χ1) is 9.72. The van der Waals surface area contributed by atoms with E-state index in [2.05, 4.69) is 14.8 Å². The summed E-state index contributed by atoms with van der Waals surface area (Å²) in [5.41, 5.74) is 0.890. The van der Waals surface area contributed by atoms with Gasteiger partial charge in [0.15, 0.2) is 0 Å². The highest BCUT2D eigenvalue weighted by Crippen LogP contribution is 2.24. The fourth-order valence-corrected chi connectivity index (χ4v) is 3.91. The van der Waals surface area contributed by atoms with Crippen molar-refractivity contribution in [3.8, 4) is 0 Å². The van der Waals surface area contributed by atoms with E-state index in [4.69, 9.17) is 5.11 Å². The van der Waals surface area contributed by atoms with Crippen LogP contribution in [0, 0.1) is 0 Å². The lowest BCUT2D eigenvalue weighted by atomic mass is 10.2. The normalized spacial score (nSPS) is 22.4. The van der Waals surface area contributed by atoms with Crippen LogP contribution in [0.4, 0.5) is 0 Å². The lowest BCUT2D eigenvalue weighted by molar-refractivity contribution is 0.0695. The first-order valence-electron chi connectivity index (χ1n) is 7.36. The van der Waals surface area contributed by atoms with Crippen molar-refractivity contribution in [1.82, 2.24) is 14.8 Å². The van der Waals surface area contributed by atoms with Crippen molar-refractivity contribution in [2.45, 2.75) is 38.3 Å². The molecule has 1 N–H and O–H groups in total. The maximum absolute atomic E-state index is 10.8. The van der Waals surface area contributed by atoms with Gasteiger partial charge in [-0.3, -0.25) is 9.80 Å². The zero-order chi connectivity index (χ0) is 13.9. The van der Waals surface area contributed by atoms with E-state index < -0.39 is 5.97 Å². The molecule has 1 aliphatic heterocycles. The Bertz CT molecular complexity index is 463. The van der Waals surface area contributed by atoms with E-state index in [9.17, 15) is 4.79 Å². The van der Waals surface area contributed by atoms with E-state index in [-0.39, 0.29) is 5.01 Å². The Morgan fingerprint density at radius 3 is 2.60 bits per heavy atom. The van der Waals surface area contributed by atoms with E-state index in [1.807, 2.05) is 5.38 Å². The minimum absolute atomic E-state index is 0.199. The molecule has 5 nitrogen and oxygen atoms in total. The Balaban J connectivity index is 1.49. The van der Waals surface area contributed by atoms with Crippen LogP contribution in [0.1, 0.15) is 41.2 Å². The van der Waals surface area contributed by atoms with Gasteiger partial charge in [0.2, 0.25) is 5.01 Å². The molecule has 0 amide bonds. The lowest BCUT2D eigenvalue weighted by Crippen LogP contribution is -2.49. The van der Waals surface area contributed by atoms with Gasteiger partial charge in [0.05, 0.1) is 5.69 Å². The van der Waals surface area contributed by atoms with Gasteiger partial charge in [-0.1, -0.05) is 12.8 Å². The van der Waals surface area contributed by atoms with Gasteiger partial charge in [-0.05, 0) is 12.8 Å². The second kappa shape index (κ2) is 6.20. The number of aromatic nitrogens is 1. The molecule has 0 spiro atoms. The Kier molecular flexibility index (Phi) is 4.33. The molecular weight excluding hydrogens is 274 g/mol. The lowest BCUT2D eigenvalue weighted by Gasteiger charge is -2.37. The number of thiazole rings is 1. The van der Waals surface area contributed by atoms with Gasteiger partial charge in [0, 0.05) is 44.1 Å². The molecule has 1 aliphatic carbocycles. The Morgan fingerprint density at radius 2 is 2.00 bits per heavy atom. The number of hydrogen-bond acceptors (Lipinski definition) is 5. The number of carboxylic acid groups (broad SMARTS) is 1. The summed E-state index contributed by atoms with van der Waals surface area (Å²) in [7, 11) is 0. The van der Waals surface area contributed by atoms with Gasteiger partial charge >= 0.3 is 5.97 Å². The summed E-state index contributed by atoms with van der Waals surface area (Å²) in [6, 6.07) is 0.815. The van der Waals surface area contributed by atoms with Crippen LogP contribution in [-0.2, 0) is 6.54 Å². The molecule has 1 aromatic heterocycles. The largest absolute Gasteiger partial charge is 0.476 e. The van der Waals surface area contributed by atoms with E-state index in [0.717, 1.165) is 44.5 Å². The van der Waals surface area contributed by atoms with Crippen LogP contribution in [0.15, 0.2) is 5.38 Å². The monoisotopic (exact) mass is 295 g/mol. The van der Waals surface area contributed by atoms with E-state index in [0.29, 0.717) is 0 Å². The Morgan fingerprint density at radius 1 is 1.30 bits per heavy atom. The maximum Gasteiger partial charge on any atom is 0.365 e. The average molecular weight is 295 g/mol. The number of aromatic carboxylic acids is 1. The SMILES string of the molecule is O=C(O)c1nc(CN2CCN(C3CCCC3)CC2)cs1. The van der Waals surface area contributed by atoms with Crippen LogP contribution >= 0.6 is 11.3 Å². The van der Waals surface area contributed by atoms with Crippen molar-refractivity contribution < 1.29 is 9.90 Å². The van der Waals surface area contributed by atoms with Crippen molar-refractivity contribution >= 4 is 17.3 Å². The molecule has 3 rings (SSSR count). The number of rotatable bonds is 4. The van der Waals surface area contributed by atoms with E-state index in [1.54, 1.807) is 0 Å². The van der Waals surface area contributed by atoms with Gasteiger partial charge < -0.3 is 5.11 Å². The van der Waals surface area contributed by atoms with E-state index in [1.165, 1.54) is 37.0 Å². The third-order valence-corrected chi connectivity index (χ3v) is 5.25. The molecule has 2 heterocycles. The number of carbonyl (C=O) groups is 1. The second-order valence-corrected chi connectivity index (χ2v) is 6.56. The van der Waals surface area contributed by atoms with Gasteiger partial charge in [0.1, 0.15) is 0 Å². The summed E-state index contributed by atoms with van der Waals surface area (Å²) >= 11 is 1.22. The van der Waals surface area contributed by atoms with Crippen LogP contribution in [0.25, 0.3) is 0 Å². The van der Waals surface area contributed by atoms with Crippen LogP contribution in [0.2, 0.25) is 0 Å². The van der Waals surface area contributed by atoms with Crippen molar-refractivity contribution in [2.24, 2.45) is 0 Å². The Hall–Kier alpha value is -0.980. The summed E-state index contributed by atoms with van der Waals surface area (Å²) in [5.74, 6) is -0.924. The topological polar surface area (TPSA) is 56.7 Å². The predicted octanol–water partition coefficient (Wildman–Crippen LogP) is 1.90. The summed E-state index contributed by atoms with van der Waals surface area (Å²) in [6.07, 6.45) is 5.52. The molecule has 0 radical (unpaired) electrons. The molecule has 20 heavy (non-hydrogen) atoms. The smallest absolute Gasteiger partial charge is 0.365 e. The predicted molar refractivity (Wildman–Crippen MR) is 78.2 cm³/mol. The van der Waals surface area contributed by atoms with Crippen molar-refractivity contribution in [2.75, 3.05) is 26.2 Å². The summed E-state index contributed by atoms with van der Waals surface area (Å²) < 4.78 is 0. The molecular formula is C14H21N3O2S. The molecule has 2 fully saturated rings. The van der Waals surface area contributed by atoms with Gasteiger partial charge in [0.25, 0.3) is 0 Å². The zero-order valence-corrected chi connectivity index (χ0v) is 12.4. The van der Waals surface area contributed by atoms with Gasteiger partial charge in [-0.15, -0.1) is 11.3 Å². The minimum Gasteiger partial charge on any atom is -0.476 e.